The van der Waals surface area contributed by atoms with Crippen LogP contribution >= 0.6 is 11.3 Å². The number of nitrogens with zero attached hydrogens (tertiary/aromatic N) is 1. The quantitative estimate of drug-likeness (QED) is 0.328. The number of aldehydes is 1. The maximum atomic E-state index is 11.1. The van der Waals surface area contributed by atoms with Gasteiger partial charge >= 0.3 is 0 Å². The first-order chi connectivity index (χ1) is 10.5. The molecule has 1 aromatic carbocycles. The molecular weight excluding hydrogens is 300 g/mol. The number of aliphatic hydroxyl groups is 1. The number of hydrogen-bond acceptors (Lipinski definition) is 5. The van der Waals surface area contributed by atoms with Gasteiger partial charge in [0.1, 0.15) is 5.75 Å². The van der Waals surface area contributed by atoms with Gasteiger partial charge in [-0.15, -0.1) is 11.3 Å². The van der Waals surface area contributed by atoms with Crippen LogP contribution in [0.3, 0.4) is 0 Å². The van der Waals surface area contributed by atoms with E-state index in [0.29, 0.717) is 10.6 Å². The monoisotopic (exact) mass is 318 g/mol. The number of carbonyl (C=O) groups is 1. The Hall–Kier alpha value is -2.18. The predicted molar refractivity (Wildman–Crippen MR) is 89.4 cm³/mol. The Morgan fingerprint density at radius 3 is 2.55 bits per heavy atom. The van der Waals surface area contributed by atoms with Gasteiger partial charge in [-0.05, 0) is 36.2 Å². The Morgan fingerprint density at radius 1 is 1.27 bits per heavy atom. The molecule has 5 nitrogen and oxygen atoms in total. The Morgan fingerprint density at radius 2 is 1.95 bits per heavy atom. The van der Waals surface area contributed by atoms with Crippen molar-refractivity contribution in [2.45, 2.75) is 20.0 Å². The molecule has 0 fully saturated rings. The first-order valence-electron chi connectivity index (χ1n) is 6.86. The van der Waals surface area contributed by atoms with E-state index in [-0.39, 0.29) is 11.7 Å². The van der Waals surface area contributed by atoms with Crippen molar-refractivity contribution in [1.29, 1.82) is 0 Å². The third kappa shape index (κ3) is 3.93. The minimum absolute atomic E-state index is 0.0742. The van der Waals surface area contributed by atoms with E-state index in [4.69, 9.17) is 0 Å². The van der Waals surface area contributed by atoms with E-state index in [9.17, 15) is 15.0 Å². The smallest absolute Gasteiger partial charge is 0.162 e. The predicted octanol–water partition coefficient (Wildman–Crippen LogP) is 3.73. The van der Waals surface area contributed by atoms with E-state index in [2.05, 4.69) is 10.3 Å². The van der Waals surface area contributed by atoms with Gasteiger partial charge in [-0.25, -0.2) is 4.99 Å². The summed E-state index contributed by atoms with van der Waals surface area (Å²) in [6.07, 6.45) is 1.62. The van der Waals surface area contributed by atoms with Crippen LogP contribution in [0.4, 0.5) is 11.4 Å². The Balaban J connectivity index is 2.12. The van der Waals surface area contributed by atoms with Crippen molar-refractivity contribution in [3.8, 4) is 5.75 Å². The van der Waals surface area contributed by atoms with Gasteiger partial charge in [0.2, 0.25) is 0 Å². The zero-order valence-electron chi connectivity index (χ0n) is 12.4. The number of rotatable bonds is 6. The Labute approximate surface area is 133 Å². The lowest BCUT2D eigenvalue weighted by Crippen LogP contribution is -2.02. The normalized spacial score (nSPS) is 12.7. The fourth-order valence-corrected chi connectivity index (χ4v) is 2.89. The number of hydrogen-bond donors (Lipinski definition) is 3. The van der Waals surface area contributed by atoms with E-state index in [1.165, 1.54) is 17.7 Å². The Bertz CT molecular complexity index is 663. The van der Waals surface area contributed by atoms with Crippen LogP contribution in [-0.4, -0.2) is 22.8 Å². The molecule has 0 saturated carbocycles. The number of carbonyl (C=O) groups excluding carboxylic acids is 1. The molecule has 0 radical (unpaired) electrons. The fraction of sp³-hybridized carbons (Fsp3) is 0.250. The van der Waals surface area contributed by atoms with Gasteiger partial charge in [0.05, 0.1) is 23.0 Å². The van der Waals surface area contributed by atoms with Crippen molar-refractivity contribution in [1.82, 2.24) is 0 Å². The number of aliphatic hydroxyl groups excluding tert-OH is 1. The van der Waals surface area contributed by atoms with Crippen LogP contribution in [0.5, 0.6) is 5.75 Å². The highest BCUT2D eigenvalue weighted by Crippen LogP contribution is 2.34. The molecule has 2 aromatic rings. The summed E-state index contributed by atoms with van der Waals surface area (Å²) in [6, 6.07) is 8.28. The van der Waals surface area contributed by atoms with Crippen LogP contribution in [0.25, 0.3) is 0 Å². The molecule has 2 rings (SSSR count). The van der Waals surface area contributed by atoms with Gasteiger partial charge in [0, 0.05) is 10.6 Å². The largest absolute Gasteiger partial charge is 0.508 e. The second kappa shape index (κ2) is 7.20. The molecule has 0 saturated heterocycles. The molecular formula is C16H18N2O3S. The second-order valence-electron chi connectivity index (χ2n) is 5.15. The average molecular weight is 318 g/mol. The van der Waals surface area contributed by atoms with Gasteiger partial charge in [0.15, 0.2) is 6.29 Å². The molecule has 1 unspecified atom stereocenters. The number of benzene rings is 1. The average Bonchev–Trinajstić information content (AvgIpc) is 2.91. The number of thiophene rings is 1. The zero-order chi connectivity index (χ0) is 16.1. The summed E-state index contributed by atoms with van der Waals surface area (Å²) >= 11 is 1.25. The summed E-state index contributed by atoms with van der Waals surface area (Å²) in [5.41, 5.74) is 1.30. The van der Waals surface area contributed by atoms with Gasteiger partial charge in [-0.1, -0.05) is 13.8 Å². The molecule has 0 amide bonds. The van der Waals surface area contributed by atoms with Crippen LogP contribution in [0.2, 0.25) is 0 Å². The zero-order valence-corrected chi connectivity index (χ0v) is 13.2. The first-order valence-corrected chi connectivity index (χ1v) is 7.68. The minimum Gasteiger partial charge on any atom is -0.508 e. The molecule has 22 heavy (non-hydrogen) atoms. The number of phenolic OH excluding ortho intramolecular Hbond substituents is 1. The second-order valence-corrected chi connectivity index (χ2v) is 6.27. The summed E-state index contributed by atoms with van der Waals surface area (Å²) in [5, 5.41) is 22.2. The van der Waals surface area contributed by atoms with Gasteiger partial charge in [-0.3, -0.25) is 4.79 Å². The van der Waals surface area contributed by atoms with Crippen molar-refractivity contribution < 1.29 is 15.0 Å². The molecule has 0 spiro atoms. The van der Waals surface area contributed by atoms with Crippen molar-refractivity contribution in [3.05, 3.63) is 40.1 Å². The van der Waals surface area contributed by atoms with Gasteiger partial charge < -0.3 is 15.5 Å². The molecule has 0 aliphatic carbocycles. The van der Waals surface area contributed by atoms with Gasteiger partial charge in [0.25, 0.3) is 0 Å². The molecule has 0 bridgehead atoms. The molecule has 0 aliphatic heterocycles. The van der Waals surface area contributed by atoms with E-state index in [0.717, 1.165) is 16.9 Å². The van der Waals surface area contributed by atoms with Crippen LogP contribution in [0, 0.1) is 5.92 Å². The number of nitrogens with one attached hydrogen (secondary N) is 1. The van der Waals surface area contributed by atoms with Gasteiger partial charge in [-0.2, -0.15) is 0 Å². The summed E-state index contributed by atoms with van der Waals surface area (Å²) in [4.78, 5) is 16.6. The first kappa shape index (κ1) is 16.2. The SMILES string of the molecule is CC(C)C(O)c1cc(/N=C\Nc2ccc(O)cc2)c(C=O)s1. The summed E-state index contributed by atoms with van der Waals surface area (Å²) in [6.45, 7) is 3.83. The number of aromatic hydroxyl groups is 1. The highest BCUT2D eigenvalue weighted by Gasteiger charge is 2.17. The van der Waals surface area contributed by atoms with Crippen molar-refractivity contribution in [2.24, 2.45) is 10.9 Å². The molecule has 1 heterocycles. The van der Waals surface area contributed by atoms with Crippen molar-refractivity contribution in [2.75, 3.05) is 5.32 Å². The topological polar surface area (TPSA) is 81.9 Å². The third-order valence-corrected chi connectivity index (χ3v) is 4.21. The van der Waals surface area contributed by atoms with Crippen LogP contribution in [0.1, 0.15) is 34.5 Å². The number of aliphatic imine (C=N–C) groups is 1. The van der Waals surface area contributed by atoms with E-state index >= 15 is 0 Å². The third-order valence-electron chi connectivity index (χ3n) is 3.09. The number of phenols is 1. The molecule has 1 atom stereocenters. The summed E-state index contributed by atoms with van der Waals surface area (Å²) < 4.78 is 0. The lowest BCUT2D eigenvalue weighted by molar-refractivity contribution is 0.112. The van der Waals surface area contributed by atoms with E-state index in [1.807, 2.05) is 13.8 Å². The van der Waals surface area contributed by atoms with Crippen LogP contribution < -0.4 is 5.32 Å². The molecule has 3 N–H and O–H groups in total. The summed E-state index contributed by atoms with van der Waals surface area (Å²) in [7, 11) is 0. The van der Waals surface area contributed by atoms with E-state index in [1.54, 1.807) is 30.3 Å². The fourth-order valence-electron chi connectivity index (χ4n) is 1.81. The lowest BCUT2D eigenvalue weighted by atomic mass is 10.1. The van der Waals surface area contributed by atoms with Crippen molar-refractivity contribution in [3.63, 3.8) is 0 Å². The lowest BCUT2D eigenvalue weighted by Gasteiger charge is -2.11. The van der Waals surface area contributed by atoms with Crippen LogP contribution in [0.15, 0.2) is 35.3 Å². The molecule has 0 aliphatic rings. The highest BCUT2D eigenvalue weighted by molar-refractivity contribution is 7.14. The molecule has 116 valence electrons. The standard InChI is InChI=1S/C16H18N2O3S/c1-10(2)16(21)14-7-13(15(8-19)22-14)18-9-17-11-3-5-12(20)6-4-11/h3-10,16,20-21H,1-2H3,(H,17,18). The maximum absolute atomic E-state index is 11.1. The highest BCUT2D eigenvalue weighted by atomic mass is 32.1. The summed E-state index contributed by atoms with van der Waals surface area (Å²) in [5.74, 6) is 0.265. The molecule has 1 aromatic heterocycles. The molecule has 6 heteroatoms. The van der Waals surface area contributed by atoms with Crippen molar-refractivity contribution >= 4 is 35.3 Å². The van der Waals surface area contributed by atoms with Crippen LogP contribution in [-0.2, 0) is 0 Å². The van der Waals surface area contributed by atoms with E-state index < -0.39 is 6.10 Å². The minimum atomic E-state index is -0.599. The Kier molecular flexibility index (Phi) is 5.30. The number of anilines is 1. The maximum Gasteiger partial charge on any atom is 0.162 e.